The lowest BCUT2D eigenvalue weighted by Crippen LogP contribution is -2.19. The molecule has 2 rings (SSSR count). The molecule has 0 heterocycles. The molecule has 0 unspecified atom stereocenters. The fraction of sp³-hybridized carbons (Fsp3) is 0.250. The van der Waals surface area contributed by atoms with E-state index in [1.165, 1.54) is 6.92 Å². The van der Waals surface area contributed by atoms with E-state index in [9.17, 15) is 14.7 Å². The minimum absolute atomic E-state index is 0.0465. The Kier molecular flexibility index (Phi) is 4.79. The maximum Gasteiger partial charge on any atom is 0.307 e. The van der Waals surface area contributed by atoms with Gasteiger partial charge in [-0.3, -0.25) is 9.59 Å². The Morgan fingerprint density at radius 1 is 1.15 bits per heavy atom. The summed E-state index contributed by atoms with van der Waals surface area (Å²) < 4.78 is 0. The zero-order valence-corrected chi connectivity index (χ0v) is 12.0. The zero-order valence-electron chi connectivity index (χ0n) is 11.2. The van der Waals surface area contributed by atoms with Crippen LogP contribution in [0.4, 0.5) is 0 Å². The Morgan fingerprint density at radius 2 is 1.85 bits per heavy atom. The van der Waals surface area contributed by atoms with Crippen molar-refractivity contribution in [1.29, 1.82) is 0 Å². The quantitative estimate of drug-likeness (QED) is 0.916. The lowest BCUT2D eigenvalue weighted by molar-refractivity contribution is -0.140. The third kappa shape index (κ3) is 3.84. The molecule has 0 aliphatic carbocycles. The molecule has 1 atom stereocenters. The molecule has 2 aromatic rings. The number of carbonyl (C=O) groups excluding carboxylic acids is 1. The van der Waals surface area contributed by atoms with Crippen molar-refractivity contribution in [3.8, 4) is 0 Å². The topological polar surface area (TPSA) is 54.4 Å². The molecule has 0 saturated heterocycles. The zero-order chi connectivity index (χ0) is 14.5. The fourth-order valence-electron chi connectivity index (χ4n) is 2.09. The van der Waals surface area contributed by atoms with Crippen LogP contribution in [0.25, 0.3) is 10.8 Å². The number of thioether (sulfide) groups is 1. The number of hydrogen-bond acceptors (Lipinski definition) is 3. The number of rotatable bonds is 5. The van der Waals surface area contributed by atoms with Crippen LogP contribution in [0, 0.1) is 5.92 Å². The van der Waals surface area contributed by atoms with Gasteiger partial charge in [0, 0.05) is 12.7 Å². The molecular formula is C16H16O3S. The van der Waals surface area contributed by atoms with Gasteiger partial charge in [0.2, 0.25) is 0 Å². The highest BCUT2D eigenvalue weighted by Gasteiger charge is 2.19. The molecule has 104 valence electrons. The number of carboxylic acid groups (broad SMARTS) is 1. The van der Waals surface area contributed by atoms with E-state index in [0.29, 0.717) is 12.2 Å². The lowest BCUT2D eigenvalue weighted by atomic mass is 9.98. The monoisotopic (exact) mass is 288 g/mol. The van der Waals surface area contributed by atoms with E-state index in [1.54, 1.807) is 0 Å². The Labute approximate surface area is 122 Å². The highest BCUT2D eigenvalue weighted by molar-refractivity contribution is 8.13. The van der Waals surface area contributed by atoms with Crippen molar-refractivity contribution in [3.63, 3.8) is 0 Å². The summed E-state index contributed by atoms with van der Waals surface area (Å²) in [6.07, 6.45) is 0.445. The van der Waals surface area contributed by atoms with Crippen LogP contribution in [0.2, 0.25) is 0 Å². The van der Waals surface area contributed by atoms with E-state index < -0.39 is 11.9 Å². The van der Waals surface area contributed by atoms with Crippen molar-refractivity contribution in [2.45, 2.75) is 13.3 Å². The summed E-state index contributed by atoms with van der Waals surface area (Å²) in [6, 6.07) is 14.0. The van der Waals surface area contributed by atoms with Crippen LogP contribution >= 0.6 is 11.8 Å². The summed E-state index contributed by atoms with van der Waals surface area (Å²) in [7, 11) is 0. The molecule has 0 bridgehead atoms. The summed E-state index contributed by atoms with van der Waals surface area (Å²) >= 11 is 1.07. The summed E-state index contributed by atoms with van der Waals surface area (Å²) in [5.41, 5.74) is 0.986. The molecule has 0 amide bonds. The van der Waals surface area contributed by atoms with Gasteiger partial charge < -0.3 is 5.11 Å². The van der Waals surface area contributed by atoms with Gasteiger partial charge in [-0.2, -0.15) is 0 Å². The molecule has 20 heavy (non-hydrogen) atoms. The molecule has 0 spiro atoms. The molecule has 0 aliphatic heterocycles. The Hall–Kier alpha value is -1.81. The Morgan fingerprint density at radius 3 is 2.50 bits per heavy atom. The lowest BCUT2D eigenvalue weighted by Gasteiger charge is -2.11. The van der Waals surface area contributed by atoms with Crippen LogP contribution in [0.5, 0.6) is 0 Å². The molecule has 0 radical (unpaired) electrons. The normalized spacial score (nSPS) is 12.2. The summed E-state index contributed by atoms with van der Waals surface area (Å²) in [4.78, 5) is 22.2. The predicted molar refractivity (Wildman–Crippen MR) is 81.9 cm³/mol. The van der Waals surface area contributed by atoms with E-state index >= 15 is 0 Å². The van der Waals surface area contributed by atoms with Crippen molar-refractivity contribution >= 4 is 33.6 Å². The van der Waals surface area contributed by atoms with Crippen LogP contribution in [0.15, 0.2) is 42.5 Å². The number of fused-ring (bicyclic) bond motifs is 1. The number of aliphatic carboxylic acids is 1. The predicted octanol–water partition coefficient (Wildman–Crippen LogP) is 3.36. The van der Waals surface area contributed by atoms with E-state index in [0.717, 1.165) is 28.1 Å². The fourth-order valence-corrected chi connectivity index (χ4v) is 2.78. The molecule has 4 heteroatoms. The van der Waals surface area contributed by atoms with Gasteiger partial charge >= 0.3 is 5.97 Å². The molecule has 0 aliphatic rings. The van der Waals surface area contributed by atoms with Crippen LogP contribution in [0.3, 0.4) is 0 Å². The Bertz CT molecular complexity index is 636. The third-order valence-electron chi connectivity index (χ3n) is 3.13. The van der Waals surface area contributed by atoms with Crippen LogP contribution in [-0.2, 0) is 16.0 Å². The van der Waals surface area contributed by atoms with Gasteiger partial charge in [-0.1, -0.05) is 54.2 Å². The minimum atomic E-state index is -0.855. The Balaban J connectivity index is 2.15. The second-order valence-electron chi connectivity index (χ2n) is 4.72. The summed E-state index contributed by atoms with van der Waals surface area (Å²) in [6.45, 7) is 1.46. The maximum absolute atomic E-state index is 11.3. The number of carbonyl (C=O) groups is 2. The SMILES string of the molecule is CC(=O)SC[C@@H](Cc1ccc2ccccc2c1)C(=O)O. The smallest absolute Gasteiger partial charge is 0.307 e. The summed E-state index contributed by atoms with van der Waals surface area (Å²) in [5.74, 6) is -1.07. The highest BCUT2D eigenvalue weighted by Crippen LogP contribution is 2.20. The second-order valence-corrected chi connectivity index (χ2v) is 5.92. The van der Waals surface area contributed by atoms with Crippen molar-refractivity contribution in [3.05, 3.63) is 48.0 Å². The standard InChI is InChI=1S/C16H16O3S/c1-11(17)20-10-15(16(18)19)9-12-6-7-13-4-2-3-5-14(13)8-12/h2-8,15H,9-10H2,1H3,(H,18,19)/t15-/m1/s1. The van der Waals surface area contributed by atoms with Crippen molar-refractivity contribution in [2.24, 2.45) is 5.92 Å². The highest BCUT2D eigenvalue weighted by atomic mass is 32.2. The van der Waals surface area contributed by atoms with Gasteiger partial charge in [0.05, 0.1) is 5.92 Å². The van der Waals surface area contributed by atoms with Gasteiger partial charge in [-0.05, 0) is 22.8 Å². The van der Waals surface area contributed by atoms with Crippen molar-refractivity contribution in [1.82, 2.24) is 0 Å². The molecule has 0 saturated carbocycles. The van der Waals surface area contributed by atoms with E-state index in [-0.39, 0.29) is 5.12 Å². The molecule has 0 fully saturated rings. The van der Waals surface area contributed by atoms with E-state index in [4.69, 9.17) is 0 Å². The van der Waals surface area contributed by atoms with E-state index in [2.05, 4.69) is 0 Å². The molecule has 2 aromatic carbocycles. The van der Waals surface area contributed by atoms with Crippen LogP contribution in [0.1, 0.15) is 12.5 Å². The molecule has 3 nitrogen and oxygen atoms in total. The second kappa shape index (κ2) is 6.57. The maximum atomic E-state index is 11.3. The average Bonchev–Trinajstić information content (AvgIpc) is 2.42. The molecular weight excluding hydrogens is 272 g/mol. The van der Waals surface area contributed by atoms with Crippen molar-refractivity contribution in [2.75, 3.05) is 5.75 Å². The first-order valence-corrected chi connectivity index (χ1v) is 7.38. The largest absolute Gasteiger partial charge is 0.481 e. The first-order chi connectivity index (χ1) is 9.56. The molecule has 1 N–H and O–H groups in total. The number of benzene rings is 2. The number of hydrogen-bond donors (Lipinski definition) is 1. The minimum Gasteiger partial charge on any atom is -0.481 e. The first-order valence-electron chi connectivity index (χ1n) is 6.40. The van der Waals surface area contributed by atoms with Gasteiger partial charge in [-0.25, -0.2) is 0 Å². The summed E-state index contributed by atoms with van der Waals surface area (Å²) in [5, 5.41) is 11.4. The average molecular weight is 288 g/mol. The van der Waals surface area contributed by atoms with Gasteiger partial charge in [-0.15, -0.1) is 0 Å². The van der Waals surface area contributed by atoms with Crippen LogP contribution < -0.4 is 0 Å². The number of carboxylic acids is 1. The van der Waals surface area contributed by atoms with Crippen LogP contribution in [-0.4, -0.2) is 21.9 Å². The first kappa shape index (κ1) is 14.6. The van der Waals surface area contributed by atoms with Gasteiger partial charge in [0.1, 0.15) is 0 Å². The van der Waals surface area contributed by atoms with Gasteiger partial charge in [0.25, 0.3) is 0 Å². The van der Waals surface area contributed by atoms with E-state index in [1.807, 2.05) is 42.5 Å². The molecule has 0 aromatic heterocycles. The van der Waals surface area contributed by atoms with Crippen molar-refractivity contribution < 1.29 is 14.7 Å². The van der Waals surface area contributed by atoms with Gasteiger partial charge in [0.15, 0.2) is 5.12 Å². The third-order valence-corrected chi connectivity index (χ3v) is 4.11.